The average Bonchev–Trinajstić information content (AvgIpc) is 2.47. The molecule has 0 unspecified atom stereocenters. The molecule has 0 aliphatic carbocycles. The summed E-state index contributed by atoms with van der Waals surface area (Å²) in [7, 11) is 0. The van der Waals surface area contributed by atoms with E-state index in [1.165, 1.54) is 4.90 Å². The molecule has 0 bridgehead atoms. The molecule has 104 valence electrons. The number of carboxylic acids is 1. The molecule has 2 amide bonds. The molecular weight excluding hydrogens is 258 g/mol. The highest BCUT2D eigenvalue weighted by Gasteiger charge is 2.28. The molecule has 20 heavy (non-hydrogen) atoms. The molecular formula is C14H15N3O3. The molecule has 1 aromatic rings. The molecule has 0 aromatic heterocycles. The summed E-state index contributed by atoms with van der Waals surface area (Å²) in [6.45, 7) is 0.770. The molecule has 0 saturated carbocycles. The first kappa shape index (κ1) is 13.9. The summed E-state index contributed by atoms with van der Waals surface area (Å²) in [6.07, 6.45) is 1.28. The number of likely N-dealkylation sites (tertiary alicyclic amines) is 1. The van der Waals surface area contributed by atoms with Crippen molar-refractivity contribution in [2.75, 3.05) is 18.4 Å². The molecule has 1 aromatic carbocycles. The van der Waals surface area contributed by atoms with Crippen molar-refractivity contribution in [3.05, 3.63) is 29.8 Å². The molecule has 2 N–H and O–H groups in total. The minimum Gasteiger partial charge on any atom is -0.481 e. The molecule has 1 heterocycles. The van der Waals surface area contributed by atoms with Gasteiger partial charge in [-0.15, -0.1) is 0 Å². The summed E-state index contributed by atoms with van der Waals surface area (Å²) in [6, 6.07) is 8.28. The number of nitrogens with one attached hydrogen (secondary N) is 1. The number of rotatable bonds is 2. The van der Waals surface area contributed by atoms with Crippen LogP contribution in [0.3, 0.4) is 0 Å². The van der Waals surface area contributed by atoms with Crippen LogP contribution in [0.4, 0.5) is 10.5 Å². The number of aliphatic carboxylic acids is 1. The zero-order valence-electron chi connectivity index (χ0n) is 10.9. The Morgan fingerprint density at radius 2 is 2.25 bits per heavy atom. The van der Waals surface area contributed by atoms with E-state index in [-0.39, 0.29) is 12.6 Å². The summed E-state index contributed by atoms with van der Waals surface area (Å²) < 4.78 is 0. The van der Waals surface area contributed by atoms with Gasteiger partial charge in [0.15, 0.2) is 0 Å². The van der Waals surface area contributed by atoms with Crippen LogP contribution in [-0.2, 0) is 4.79 Å². The van der Waals surface area contributed by atoms with E-state index in [9.17, 15) is 9.59 Å². The minimum absolute atomic E-state index is 0.221. The summed E-state index contributed by atoms with van der Waals surface area (Å²) in [5.41, 5.74) is 0.997. The second-order valence-electron chi connectivity index (χ2n) is 4.75. The fourth-order valence-electron chi connectivity index (χ4n) is 2.23. The Hall–Kier alpha value is -2.55. The molecule has 1 aliphatic rings. The Morgan fingerprint density at radius 3 is 2.95 bits per heavy atom. The lowest BCUT2D eigenvalue weighted by molar-refractivity contribution is -0.143. The van der Waals surface area contributed by atoms with Crippen molar-refractivity contribution in [1.82, 2.24) is 4.90 Å². The van der Waals surface area contributed by atoms with E-state index >= 15 is 0 Å². The van der Waals surface area contributed by atoms with Crippen molar-refractivity contribution in [2.45, 2.75) is 12.8 Å². The number of carboxylic acid groups (broad SMARTS) is 1. The highest BCUT2D eigenvalue weighted by atomic mass is 16.4. The first-order chi connectivity index (χ1) is 9.60. The Bertz CT molecular complexity index is 565. The Kier molecular flexibility index (Phi) is 4.20. The number of hydrogen-bond acceptors (Lipinski definition) is 3. The predicted molar refractivity (Wildman–Crippen MR) is 72.1 cm³/mol. The van der Waals surface area contributed by atoms with Crippen LogP contribution in [0.2, 0.25) is 0 Å². The Morgan fingerprint density at radius 1 is 1.45 bits per heavy atom. The monoisotopic (exact) mass is 273 g/mol. The molecule has 6 heteroatoms. The number of piperidine rings is 1. The minimum atomic E-state index is -0.867. The molecule has 1 fully saturated rings. The van der Waals surface area contributed by atoms with Gasteiger partial charge >= 0.3 is 12.0 Å². The van der Waals surface area contributed by atoms with Gasteiger partial charge in [-0.25, -0.2) is 4.79 Å². The van der Waals surface area contributed by atoms with Gasteiger partial charge < -0.3 is 15.3 Å². The van der Waals surface area contributed by atoms with Crippen molar-refractivity contribution < 1.29 is 14.7 Å². The zero-order chi connectivity index (χ0) is 14.5. The third-order valence-electron chi connectivity index (χ3n) is 3.30. The number of benzene rings is 1. The van der Waals surface area contributed by atoms with Gasteiger partial charge in [-0.2, -0.15) is 5.26 Å². The van der Waals surface area contributed by atoms with Crippen LogP contribution >= 0.6 is 0 Å². The van der Waals surface area contributed by atoms with E-state index in [2.05, 4.69) is 5.32 Å². The number of amides is 2. The van der Waals surface area contributed by atoms with Gasteiger partial charge in [-0.05, 0) is 31.0 Å². The number of hydrogen-bond donors (Lipinski definition) is 2. The molecule has 0 spiro atoms. The number of carbonyl (C=O) groups is 2. The quantitative estimate of drug-likeness (QED) is 0.860. The van der Waals surface area contributed by atoms with Crippen LogP contribution in [0.1, 0.15) is 18.4 Å². The van der Waals surface area contributed by atoms with Gasteiger partial charge in [0.1, 0.15) is 0 Å². The number of urea groups is 1. The number of carbonyl (C=O) groups excluding carboxylic acids is 1. The van der Waals surface area contributed by atoms with E-state index in [0.29, 0.717) is 30.6 Å². The Labute approximate surface area is 116 Å². The topological polar surface area (TPSA) is 93.4 Å². The first-order valence-corrected chi connectivity index (χ1v) is 6.39. The lowest BCUT2D eigenvalue weighted by Gasteiger charge is -2.30. The maximum Gasteiger partial charge on any atom is 0.321 e. The Balaban J connectivity index is 2.01. The van der Waals surface area contributed by atoms with Crippen LogP contribution in [0.5, 0.6) is 0 Å². The lowest BCUT2D eigenvalue weighted by atomic mass is 9.99. The molecule has 1 saturated heterocycles. The number of nitrogens with zero attached hydrogens (tertiary/aromatic N) is 2. The van der Waals surface area contributed by atoms with Gasteiger partial charge in [-0.3, -0.25) is 4.79 Å². The van der Waals surface area contributed by atoms with Crippen LogP contribution in [0.25, 0.3) is 0 Å². The van der Waals surface area contributed by atoms with Gasteiger partial charge in [0.2, 0.25) is 0 Å². The summed E-state index contributed by atoms with van der Waals surface area (Å²) in [5, 5.41) is 20.5. The molecule has 0 radical (unpaired) electrons. The first-order valence-electron chi connectivity index (χ1n) is 6.39. The van der Waals surface area contributed by atoms with Crippen LogP contribution in [0.15, 0.2) is 24.3 Å². The maximum absolute atomic E-state index is 12.1. The van der Waals surface area contributed by atoms with Crippen LogP contribution in [-0.4, -0.2) is 35.1 Å². The number of nitriles is 1. The van der Waals surface area contributed by atoms with E-state index in [0.717, 1.165) is 0 Å². The summed E-state index contributed by atoms with van der Waals surface area (Å²) in [4.78, 5) is 24.5. The number of anilines is 1. The highest BCUT2D eigenvalue weighted by Crippen LogP contribution is 2.18. The lowest BCUT2D eigenvalue weighted by Crippen LogP contribution is -2.44. The van der Waals surface area contributed by atoms with Crippen molar-refractivity contribution in [1.29, 1.82) is 5.26 Å². The highest BCUT2D eigenvalue weighted by molar-refractivity contribution is 5.90. The normalized spacial score (nSPS) is 18.1. The molecule has 2 rings (SSSR count). The van der Waals surface area contributed by atoms with E-state index in [1.54, 1.807) is 24.3 Å². The van der Waals surface area contributed by atoms with Crippen molar-refractivity contribution in [3.8, 4) is 6.07 Å². The largest absolute Gasteiger partial charge is 0.481 e. The van der Waals surface area contributed by atoms with Gasteiger partial charge in [0, 0.05) is 18.8 Å². The van der Waals surface area contributed by atoms with Gasteiger partial charge in [0.05, 0.1) is 17.6 Å². The van der Waals surface area contributed by atoms with E-state index in [4.69, 9.17) is 10.4 Å². The van der Waals surface area contributed by atoms with Crippen molar-refractivity contribution in [3.63, 3.8) is 0 Å². The third kappa shape index (κ3) is 3.26. The predicted octanol–water partition coefficient (Wildman–Crippen LogP) is 1.89. The van der Waals surface area contributed by atoms with Gasteiger partial charge in [-0.1, -0.05) is 6.07 Å². The van der Waals surface area contributed by atoms with E-state index in [1.807, 2.05) is 6.07 Å². The third-order valence-corrected chi connectivity index (χ3v) is 3.30. The molecule has 1 atom stereocenters. The second kappa shape index (κ2) is 6.06. The average molecular weight is 273 g/mol. The van der Waals surface area contributed by atoms with Crippen LogP contribution < -0.4 is 5.32 Å². The molecule has 1 aliphatic heterocycles. The van der Waals surface area contributed by atoms with Gasteiger partial charge in [0.25, 0.3) is 0 Å². The smallest absolute Gasteiger partial charge is 0.321 e. The van der Waals surface area contributed by atoms with Crippen LogP contribution in [0, 0.1) is 17.2 Å². The maximum atomic E-state index is 12.1. The second-order valence-corrected chi connectivity index (χ2v) is 4.75. The zero-order valence-corrected chi connectivity index (χ0v) is 10.9. The fourth-order valence-corrected chi connectivity index (χ4v) is 2.23. The summed E-state index contributed by atoms with van der Waals surface area (Å²) in [5.74, 6) is -1.37. The van der Waals surface area contributed by atoms with E-state index < -0.39 is 11.9 Å². The molecule has 6 nitrogen and oxygen atoms in total. The summed E-state index contributed by atoms with van der Waals surface area (Å²) >= 11 is 0. The van der Waals surface area contributed by atoms with Crippen molar-refractivity contribution in [2.24, 2.45) is 5.92 Å². The SMILES string of the molecule is N#Cc1cccc(NC(=O)N2CCC[C@@H](C(=O)O)C2)c1. The van der Waals surface area contributed by atoms with Crippen molar-refractivity contribution >= 4 is 17.7 Å². The fraction of sp³-hybridized carbons (Fsp3) is 0.357. The standard InChI is InChI=1S/C14H15N3O3/c15-8-10-3-1-5-12(7-10)16-14(20)17-6-2-4-11(9-17)13(18)19/h1,3,5,7,11H,2,4,6,9H2,(H,16,20)(H,18,19)/t11-/m1/s1.